The quantitative estimate of drug-likeness (QED) is 0.839. The summed E-state index contributed by atoms with van der Waals surface area (Å²) in [5, 5.41) is 0. The molecule has 0 radical (unpaired) electrons. The Morgan fingerprint density at radius 2 is 2.18 bits per heavy atom. The van der Waals surface area contributed by atoms with Crippen LogP contribution in [-0.4, -0.2) is 35.0 Å². The van der Waals surface area contributed by atoms with E-state index in [2.05, 4.69) is 23.7 Å². The second-order valence-corrected chi connectivity index (χ2v) is 6.60. The van der Waals surface area contributed by atoms with Gasteiger partial charge in [0.05, 0.1) is 6.20 Å². The molecule has 2 heterocycles. The van der Waals surface area contributed by atoms with E-state index in [1.165, 1.54) is 6.42 Å². The molecule has 3 atom stereocenters. The van der Waals surface area contributed by atoms with E-state index in [1.807, 2.05) is 12.1 Å². The Labute approximate surface area is 132 Å². The lowest BCUT2D eigenvalue weighted by molar-refractivity contribution is -0.135. The number of hydrogen-bond donors (Lipinski definition) is 0. The fraction of sp³-hybridized carbons (Fsp3) is 0.667. The number of pyridine rings is 1. The van der Waals surface area contributed by atoms with Crippen molar-refractivity contribution in [1.29, 1.82) is 0 Å². The van der Waals surface area contributed by atoms with Gasteiger partial charge in [-0.05, 0) is 43.7 Å². The van der Waals surface area contributed by atoms with Gasteiger partial charge in [-0.1, -0.05) is 13.8 Å². The van der Waals surface area contributed by atoms with Gasteiger partial charge in [0.1, 0.15) is 11.9 Å². The lowest BCUT2D eigenvalue weighted by Crippen LogP contribution is -2.36. The van der Waals surface area contributed by atoms with Crippen LogP contribution in [-0.2, 0) is 4.79 Å². The van der Waals surface area contributed by atoms with Gasteiger partial charge in [-0.2, -0.15) is 0 Å². The van der Waals surface area contributed by atoms with Crippen molar-refractivity contribution in [2.45, 2.75) is 45.6 Å². The van der Waals surface area contributed by atoms with Crippen LogP contribution in [0.1, 0.15) is 39.5 Å². The second-order valence-electron chi connectivity index (χ2n) is 6.60. The Hall–Kier alpha value is -1.58. The van der Waals surface area contributed by atoms with Crippen LogP contribution < -0.4 is 4.74 Å². The molecular weight excluding hydrogens is 276 g/mol. The largest absolute Gasteiger partial charge is 0.488 e. The summed E-state index contributed by atoms with van der Waals surface area (Å²) in [5.74, 6) is 2.48. The minimum atomic E-state index is 0.191. The summed E-state index contributed by atoms with van der Waals surface area (Å²) in [6, 6.07) is 3.86. The van der Waals surface area contributed by atoms with Crippen molar-refractivity contribution in [2.75, 3.05) is 13.1 Å². The Bertz CT molecular complexity index is 501. The van der Waals surface area contributed by atoms with Crippen LogP contribution >= 0.6 is 0 Å². The molecule has 2 fully saturated rings. The lowest BCUT2D eigenvalue weighted by atomic mass is 9.99. The first-order valence-electron chi connectivity index (χ1n) is 8.58. The zero-order valence-electron chi connectivity index (χ0n) is 13.6. The molecule has 0 unspecified atom stereocenters. The Morgan fingerprint density at radius 1 is 1.36 bits per heavy atom. The van der Waals surface area contributed by atoms with E-state index in [9.17, 15) is 4.79 Å². The molecule has 1 saturated carbocycles. The molecule has 120 valence electrons. The van der Waals surface area contributed by atoms with Crippen molar-refractivity contribution in [3.05, 3.63) is 24.5 Å². The number of fused-ring (bicyclic) bond motifs is 1. The molecule has 4 heteroatoms. The average Bonchev–Trinajstić information content (AvgIpc) is 3.11. The monoisotopic (exact) mass is 302 g/mol. The maximum atomic E-state index is 12.6. The highest BCUT2D eigenvalue weighted by molar-refractivity contribution is 5.79. The molecule has 1 aromatic heterocycles. The molecule has 0 spiro atoms. The van der Waals surface area contributed by atoms with Crippen molar-refractivity contribution in [3.63, 3.8) is 0 Å². The van der Waals surface area contributed by atoms with Crippen molar-refractivity contribution >= 4 is 5.91 Å². The molecule has 3 rings (SSSR count). The van der Waals surface area contributed by atoms with Crippen molar-refractivity contribution in [2.24, 2.45) is 17.8 Å². The maximum Gasteiger partial charge on any atom is 0.225 e. The first-order valence-corrected chi connectivity index (χ1v) is 8.58. The number of nitrogens with zero attached hydrogens (tertiary/aromatic N) is 2. The van der Waals surface area contributed by atoms with E-state index in [0.29, 0.717) is 17.7 Å². The van der Waals surface area contributed by atoms with E-state index in [0.717, 1.165) is 38.1 Å². The number of rotatable bonds is 5. The number of ether oxygens (including phenoxy) is 1. The summed E-state index contributed by atoms with van der Waals surface area (Å²) in [5.41, 5.74) is 0. The summed E-state index contributed by atoms with van der Waals surface area (Å²) in [4.78, 5) is 18.8. The van der Waals surface area contributed by atoms with Gasteiger partial charge in [-0.25, -0.2) is 0 Å². The van der Waals surface area contributed by atoms with E-state index in [-0.39, 0.29) is 12.0 Å². The minimum absolute atomic E-state index is 0.191. The molecule has 2 aliphatic rings. The third kappa shape index (κ3) is 2.96. The topological polar surface area (TPSA) is 42.4 Å². The Kier molecular flexibility index (Phi) is 4.65. The first-order chi connectivity index (χ1) is 10.7. The first kappa shape index (κ1) is 15.3. The predicted octanol–water partition coefficient (Wildman–Crippen LogP) is 3.13. The highest BCUT2D eigenvalue weighted by atomic mass is 16.5. The summed E-state index contributed by atoms with van der Waals surface area (Å²) in [7, 11) is 0. The fourth-order valence-electron chi connectivity index (χ4n) is 4.03. The normalized spacial score (nSPS) is 27.2. The van der Waals surface area contributed by atoms with Crippen LogP contribution in [0.4, 0.5) is 0 Å². The van der Waals surface area contributed by atoms with E-state index < -0.39 is 0 Å². The van der Waals surface area contributed by atoms with Gasteiger partial charge in [0.25, 0.3) is 0 Å². The van der Waals surface area contributed by atoms with E-state index in [4.69, 9.17) is 4.74 Å². The van der Waals surface area contributed by atoms with Crippen LogP contribution in [0.15, 0.2) is 24.5 Å². The van der Waals surface area contributed by atoms with Gasteiger partial charge in [-0.15, -0.1) is 0 Å². The number of hydrogen-bond acceptors (Lipinski definition) is 3. The standard InChI is InChI=1S/C18H26N2O2/c1-3-13(4-2)18(21)20-11-14-7-8-17(16(14)12-20)22-15-6-5-9-19-10-15/h5-6,9-10,13-14,16-17H,3-4,7-8,11-12H2,1-2H3/t14-,16+,17-/m1/s1. The average molecular weight is 302 g/mol. The third-order valence-corrected chi connectivity index (χ3v) is 5.36. The highest BCUT2D eigenvalue weighted by Crippen LogP contribution is 2.40. The molecule has 0 bridgehead atoms. The molecule has 1 aromatic rings. The number of carbonyl (C=O) groups is 1. The third-order valence-electron chi connectivity index (χ3n) is 5.36. The van der Waals surface area contributed by atoms with Crippen molar-refractivity contribution in [1.82, 2.24) is 9.88 Å². The summed E-state index contributed by atoms with van der Waals surface area (Å²) in [6.07, 6.45) is 7.91. The molecular formula is C18H26N2O2. The van der Waals surface area contributed by atoms with Gasteiger partial charge in [0.15, 0.2) is 0 Å². The summed E-state index contributed by atoms with van der Waals surface area (Å²) >= 11 is 0. The lowest BCUT2D eigenvalue weighted by Gasteiger charge is -2.24. The predicted molar refractivity (Wildman–Crippen MR) is 85.5 cm³/mol. The van der Waals surface area contributed by atoms with Crippen LogP contribution in [0.25, 0.3) is 0 Å². The number of carbonyl (C=O) groups excluding carboxylic acids is 1. The zero-order valence-corrected chi connectivity index (χ0v) is 13.6. The Balaban J connectivity index is 1.62. The van der Waals surface area contributed by atoms with Crippen LogP contribution in [0.5, 0.6) is 5.75 Å². The van der Waals surface area contributed by atoms with E-state index >= 15 is 0 Å². The van der Waals surface area contributed by atoms with Gasteiger partial charge in [0, 0.05) is 31.1 Å². The highest BCUT2D eigenvalue weighted by Gasteiger charge is 2.45. The van der Waals surface area contributed by atoms with Crippen molar-refractivity contribution in [3.8, 4) is 5.75 Å². The maximum absolute atomic E-state index is 12.6. The molecule has 4 nitrogen and oxygen atoms in total. The van der Waals surface area contributed by atoms with Crippen LogP contribution in [0.2, 0.25) is 0 Å². The number of aromatic nitrogens is 1. The molecule has 1 aliphatic heterocycles. The van der Waals surface area contributed by atoms with Crippen LogP contribution in [0, 0.1) is 17.8 Å². The smallest absolute Gasteiger partial charge is 0.225 e. The minimum Gasteiger partial charge on any atom is -0.488 e. The van der Waals surface area contributed by atoms with Gasteiger partial charge in [-0.3, -0.25) is 9.78 Å². The number of amides is 1. The van der Waals surface area contributed by atoms with Crippen molar-refractivity contribution < 1.29 is 9.53 Å². The molecule has 0 aromatic carbocycles. The second kappa shape index (κ2) is 6.67. The number of likely N-dealkylation sites (tertiary alicyclic amines) is 1. The molecule has 0 N–H and O–H groups in total. The summed E-state index contributed by atoms with van der Waals surface area (Å²) < 4.78 is 6.13. The fourth-order valence-corrected chi connectivity index (χ4v) is 4.03. The molecule has 22 heavy (non-hydrogen) atoms. The van der Waals surface area contributed by atoms with Gasteiger partial charge >= 0.3 is 0 Å². The van der Waals surface area contributed by atoms with E-state index in [1.54, 1.807) is 12.4 Å². The molecule has 1 saturated heterocycles. The molecule has 1 aliphatic carbocycles. The summed E-state index contributed by atoms with van der Waals surface area (Å²) in [6.45, 7) is 6.01. The Morgan fingerprint density at radius 3 is 2.86 bits per heavy atom. The van der Waals surface area contributed by atoms with Gasteiger partial charge < -0.3 is 9.64 Å². The van der Waals surface area contributed by atoms with Crippen LogP contribution in [0.3, 0.4) is 0 Å². The zero-order chi connectivity index (χ0) is 15.5. The molecule has 1 amide bonds. The van der Waals surface area contributed by atoms with Gasteiger partial charge in [0.2, 0.25) is 5.91 Å². The SMILES string of the molecule is CCC(CC)C(=O)N1C[C@H]2CC[C@@H](Oc3cccnc3)[C@H]2C1.